The van der Waals surface area contributed by atoms with E-state index in [1.165, 1.54) is 6.33 Å². The van der Waals surface area contributed by atoms with Gasteiger partial charge in [0.25, 0.3) is 0 Å². The van der Waals surface area contributed by atoms with Crippen molar-refractivity contribution in [1.29, 1.82) is 0 Å². The van der Waals surface area contributed by atoms with E-state index in [1.54, 1.807) is 0 Å². The van der Waals surface area contributed by atoms with Gasteiger partial charge in [-0.15, -0.1) is 0 Å². The van der Waals surface area contributed by atoms with Gasteiger partial charge in [-0.05, 0) is 35.4 Å². The summed E-state index contributed by atoms with van der Waals surface area (Å²) in [5.41, 5.74) is 8.74. The number of anilines is 1. The average molecular weight is 406 g/mol. The largest absolute Gasteiger partial charge is 0.383 e. The van der Waals surface area contributed by atoms with E-state index in [9.17, 15) is 4.79 Å². The van der Waals surface area contributed by atoms with E-state index in [-0.39, 0.29) is 5.91 Å². The maximum Gasteiger partial charge on any atom is 0.243 e. The molecule has 2 heterocycles. The third-order valence-electron chi connectivity index (χ3n) is 4.84. The zero-order chi connectivity index (χ0) is 20.2. The van der Waals surface area contributed by atoms with Crippen LogP contribution < -0.4 is 5.73 Å². The van der Waals surface area contributed by atoms with Crippen molar-refractivity contribution >= 4 is 34.2 Å². The van der Waals surface area contributed by atoms with Crippen molar-refractivity contribution in [2.45, 2.75) is 13.0 Å². The monoisotopic (exact) mass is 405 g/mol. The summed E-state index contributed by atoms with van der Waals surface area (Å²) in [4.78, 5) is 24.5. The molecule has 6 nitrogen and oxygen atoms in total. The molecule has 1 aliphatic heterocycles. The highest BCUT2D eigenvalue weighted by Gasteiger charge is 2.22. The molecule has 1 amide bonds. The summed E-state index contributed by atoms with van der Waals surface area (Å²) < 4.78 is 0. The number of piperazine rings is 1. The van der Waals surface area contributed by atoms with E-state index in [0.717, 1.165) is 28.6 Å². The summed E-state index contributed by atoms with van der Waals surface area (Å²) in [7, 11) is 0. The van der Waals surface area contributed by atoms with Gasteiger partial charge in [-0.2, -0.15) is 0 Å². The quantitative estimate of drug-likeness (QED) is 0.678. The maximum absolute atomic E-state index is 12.6. The van der Waals surface area contributed by atoms with Gasteiger partial charge in [0.05, 0.1) is 5.52 Å². The zero-order valence-electron chi connectivity index (χ0n) is 15.8. The Morgan fingerprint density at radius 1 is 1.10 bits per heavy atom. The van der Waals surface area contributed by atoms with Crippen LogP contribution in [0.3, 0.4) is 0 Å². The predicted octanol–water partition coefficient (Wildman–Crippen LogP) is 2.71. The van der Waals surface area contributed by atoms with Crippen LogP contribution in [0.4, 0.5) is 5.82 Å². The van der Waals surface area contributed by atoms with E-state index in [4.69, 9.17) is 17.3 Å². The Balaban J connectivity index is 1.36. The molecule has 7 heteroatoms. The number of benzene rings is 2. The van der Waals surface area contributed by atoms with Gasteiger partial charge < -0.3 is 15.5 Å². The van der Waals surface area contributed by atoms with Gasteiger partial charge in [0, 0.05) is 42.5 Å². The summed E-state index contributed by atoms with van der Waals surface area (Å²) in [6, 6.07) is 16.6. The first-order valence-corrected chi connectivity index (χ1v) is 9.71. The summed E-state index contributed by atoms with van der Waals surface area (Å²) in [5, 5.41) is 1.53. The lowest BCUT2D eigenvalue weighted by molar-refractivity contribution is -0.135. The van der Waals surface area contributed by atoms with Crippen LogP contribution in [0.2, 0.25) is 5.02 Å². The molecule has 0 bridgehead atoms. The minimum absolute atomic E-state index is 0.0654. The molecule has 0 aliphatic carbocycles. The van der Waals surface area contributed by atoms with Crippen LogP contribution in [0.5, 0.6) is 0 Å². The number of nitrogens with two attached hydrogens (primary N) is 1. The molecule has 4 rings (SSSR count). The fraction of sp³-hybridized carbons (Fsp3) is 0.227. The number of carbonyl (C=O) groups excluding carboxylic acids is 1. The fourth-order valence-corrected chi connectivity index (χ4v) is 3.53. The molecule has 2 aromatic carbocycles. The molecule has 146 valence electrons. The standard InChI is InChI=1S/C22H20ClN5O/c23-18-5-1-3-16(11-18)4-2-8-27-9-10-28(21(29)14-27)13-17-6-7-19-20(12-17)25-15-26-22(19)24/h1,3,5-7,11-12,15H,4,9-10,13-14H2,(H2,24,25,26). The van der Waals surface area contributed by atoms with Crippen molar-refractivity contribution in [2.24, 2.45) is 0 Å². The molecule has 0 unspecified atom stereocenters. The minimum Gasteiger partial charge on any atom is -0.383 e. The molecular weight excluding hydrogens is 386 g/mol. The lowest BCUT2D eigenvalue weighted by Gasteiger charge is -2.32. The normalized spacial score (nSPS) is 14.0. The zero-order valence-corrected chi connectivity index (χ0v) is 16.6. The lowest BCUT2D eigenvalue weighted by Crippen LogP contribution is -2.48. The number of amides is 1. The van der Waals surface area contributed by atoms with Crippen molar-refractivity contribution in [3.05, 3.63) is 64.9 Å². The third-order valence-corrected chi connectivity index (χ3v) is 5.08. The Bertz CT molecular complexity index is 1120. The summed E-state index contributed by atoms with van der Waals surface area (Å²) in [5.74, 6) is 3.66. The van der Waals surface area contributed by atoms with Gasteiger partial charge >= 0.3 is 0 Å². The molecule has 1 fully saturated rings. The number of nitrogens with zero attached hydrogens (tertiary/aromatic N) is 4. The molecule has 0 atom stereocenters. The Labute approximate surface area is 174 Å². The third kappa shape index (κ3) is 4.58. The van der Waals surface area contributed by atoms with Crippen molar-refractivity contribution in [2.75, 3.05) is 25.4 Å². The molecule has 1 aliphatic rings. The highest BCUT2D eigenvalue weighted by atomic mass is 35.5. The molecule has 29 heavy (non-hydrogen) atoms. The second kappa shape index (κ2) is 8.38. The first-order chi connectivity index (χ1) is 14.1. The minimum atomic E-state index is 0.0654. The van der Waals surface area contributed by atoms with Crippen LogP contribution in [0.15, 0.2) is 48.8 Å². The van der Waals surface area contributed by atoms with E-state index in [2.05, 4.69) is 21.9 Å². The lowest BCUT2D eigenvalue weighted by atomic mass is 10.1. The van der Waals surface area contributed by atoms with E-state index in [1.807, 2.05) is 52.3 Å². The SMILES string of the molecule is Nc1ncnc2cc(CN3CCN(C#CCc4cccc(Cl)c4)CC3=O)ccc12. The highest BCUT2D eigenvalue weighted by Crippen LogP contribution is 2.19. The summed E-state index contributed by atoms with van der Waals surface area (Å²) in [6.07, 6.45) is 2.06. The topological polar surface area (TPSA) is 75.3 Å². The van der Waals surface area contributed by atoms with Crippen LogP contribution in [0, 0.1) is 12.0 Å². The summed E-state index contributed by atoms with van der Waals surface area (Å²) in [6.45, 7) is 2.19. The van der Waals surface area contributed by atoms with E-state index >= 15 is 0 Å². The fourth-order valence-electron chi connectivity index (χ4n) is 3.31. The number of fused-ring (bicyclic) bond motifs is 1. The molecular formula is C22H20ClN5O. The Morgan fingerprint density at radius 2 is 2.00 bits per heavy atom. The van der Waals surface area contributed by atoms with Crippen LogP contribution >= 0.6 is 11.6 Å². The van der Waals surface area contributed by atoms with Crippen LogP contribution in [-0.4, -0.2) is 45.3 Å². The Hall–Kier alpha value is -3.30. The van der Waals surface area contributed by atoms with Gasteiger partial charge in [-0.3, -0.25) is 4.79 Å². The van der Waals surface area contributed by atoms with Gasteiger partial charge in [0.15, 0.2) is 0 Å². The Morgan fingerprint density at radius 3 is 2.83 bits per heavy atom. The first kappa shape index (κ1) is 19.0. The highest BCUT2D eigenvalue weighted by molar-refractivity contribution is 6.30. The second-order valence-corrected chi connectivity index (χ2v) is 7.38. The summed E-state index contributed by atoms with van der Waals surface area (Å²) >= 11 is 5.99. The smallest absolute Gasteiger partial charge is 0.243 e. The maximum atomic E-state index is 12.6. The molecule has 1 saturated heterocycles. The molecule has 0 radical (unpaired) electrons. The molecule has 3 aromatic rings. The number of hydrogen-bond donors (Lipinski definition) is 1. The van der Waals surface area contributed by atoms with Crippen LogP contribution in [-0.2, 0) is 17.8 Å². The van der Waals surface area contributed by atoms with Gasteiger partial charge in [-0.25, -0.2) is 9.97 Å². The first-order valence-electron chi connectivity index (χ1n) is 9.33. The molecule has 0 saturated carbocycles. The van der Waals surface area contributed by atoms with Gasteiger partial charge in [-0.1, -0.05) is 35.7 Å². The van der Waals surface area contributed by atoms with Crippen molar-refractivity contribution in [1.82, 2.24) is 19.8 Å². The van der Waals surface area contributed by atoms with Gasteiger partial charge in [0.2, 0.25) is 5.91 Å². The van der Waals surface area contributed by atoms with Crippen molar-refractivity contribution < 1.29 is 4.79 Å². The average Bonchev–Trinajstić information content (AvgIpc) is 2.70. The van der Waals surface area contributed by atoms with E-state index in [0.29, 0.717) is 36.9 Å². The van der Waals surface area contributed by atoms with Crippen LogP contribution in [0.25, 0.3) is 10.9 Å². The number of hydrogen-bond acceptors (Lipinski definition) is 5. The Kier molecular flexibility index (Phi) is 5.50. The molecule has 2 N–H and O–H groups in total. The predicted molar refractivity (Wildman–Crippen MR) is 114 cm³/mol. The molecule has 1 aromatic heterocycles. The van der Waals surface area contributed by atoms with Gasteiger partial charge in [0.1, 0.15) is 18.7 Å². The number of nitrogen functional groups attached to an aromatic ring is 1. The number of rotatable bonds is 3. The number of halogens is 1. The van der Waals surface area contributed by atoms with Crippen molar-refractivity contribution in [3.8, 4) is 12.0 Å². The number of carbonyl (C=O) groups is 1. The van der Waals surface area contributed by atoms with Crippen LogP contribution in [0.1, 0.15) is 11.1 Å². The number of aromatic nitrogens is 2. The van der Waals surface area contributed by atoms with Crippen molar-refractivity contribution in [3.63, 3.8) is 0 Å². The molecule has 0 spiro atoms. The van der Waals surface area contributed by atoms with E-state index < -0.39 is 0 Å². The second-order valence-electron chi connectivity index (χ2n) is 6.94.